The number of hydrogen-bond donors (Lipinski definition) is 2. The Morgan fingerprint density at radius 1 is 1.29 bits per heavy atom. The van der Waals surface area contributed by atoms with E-state index in [4.69, 9.17) is 5.73 Å². The highest BCUT2D eigenvalue weighted by atomic mass is 32.2. The van der Waals surface area contributed by atoms with Crippen molar-refractivity contribution < 1.29 is 4.79 Å². The van der Waals surface area contributed by atoms with Crippen molar-refractivity contribution in [2.75, 3.05) is 11.5 Å². The SMILES string of the molecule is CCCn1c(N)c(C(=O)CSc2ccc(C)cc2C)c(=O)[nH]c1=O. The zero-order valence-electron chi connectivity index (χ0n) is 14.0. The van der Waals surface area contributed by atoms with E-state index in [1.807, 2.05) is 39.0 Å². The summed E-state index contributed by atoms with van der Waals surface area (Å²) in [4.78, 5) is 39.4. The second kappa shape index (κ2) is 7.53. The number of carbonyl (C=O) groups excluding carboxylic acids is 1. The van der Waals surface area contributed by atoms with Gasteiger partial charge >= 0.3 is 5.69 Å². The van der Waals surface area contributed by atoms with Gasteiger partial charge in [-0.15, -0.1) is 11.8 Å². The van der Waals surface area contributed by atoms with Crippen molar-refractivity contribution in [2.24, 2.45) is 0 Å². The maximum absolute atomic E-state index is 12.5. The van der Waals surface area contributed by atoms with Crippen LogP contribution in [0, 0.1) is 13.8 Å². The second-order valence-electron chi connectivity index (χ2n) is 5.65. The quantitative estimate of drug-likeness (QED) is 0.616. The molecule has 0 amide bonds. The van der Waals surface area contributed by atoms with Crippen LogP contribution in [0.2, 0.25) is 0 Å². The molecule has 128 valence electrons. The molecule has 1 aromatic carbocycles. The number of aromatic amines is 1. The highest BCUT2D eigenvalue weighted by Gasteiger charge is 2.19. The van der Waals surface area contributed by atoms with E-state index in [-0.39, 0.29) is 22.9 Å². The van der Waals surface area contributed by atoms with Crippen LogP contribution in [-0.2, 0) is 6.54 Å². The third-order valence-electron chi connectivity index (χ3n) is 3.65. The van der Waals surface area contributed by atoms with E-state index < -0.39 is 11.2 Å². The van der Waals surface area contributed by atoms with Gasteiger partial charge in [0.15, 0.2) is 5.78 Å². The summed E-state index contributed by atoms with van der Waals surface area (Å²) >= 11 is 1.35. The van der Waals surface area contributed by atoms with E-state index in [9.17, 15) is 14.4 Å². The molecule has 0 unspecified atom stereocenters. The molecule has 0 saturated heterocycles. The average molecular weight is 347 g/mol. The molecule has 0 aliphatic rings. The van der Waals surface area contributed by atoms with Crippen LogP contribution in [0.5, 0.6) is 0 Å². The Labute approximate surface area is 144 Å². The summed E-state index contributed by atoms with van der Waals surface area (Å²) < 4.78 is 1.23. The molecule has 0 saturated carbocycles. The lowest BCUT2D eigenvalue weighted by Gasteiger charge is -2.11. The summed E-state index contributed by atoms with van der Waals surface area (Å²) in [5.41, 5.74) is 6.68. The first-order valence-corrected chi connectivity index (χ1v) is 8.69. The van der Waals surface area contributed by atoms with Gasteiger partial charge in [0, 0.05) is 11.4 Å². The van der Waals surface area contributed by atoms with E-state index in [2.05, 4.69) is 4.98 Å². The van der Waals surface area contributed by atoms with Gasteiger partial charge in [-0.05, 0) is 31.9 Å². The van der Waals surface area contributed by atoms with Gasteiger partial charge in [-0.3, -0.25) is 19.1 Å². The van der Waals surface area contributed by atoms with E-state index in [1.54, 1.807) is 0 Å². The third-order valence-corrected chi connectivity index (χ3v) is 4.83. The van der Waals surface area contributed by atoms with Gasteiger partial charge in [0.2, 0.25) is 0 Å². The van der Waals surface area contributed by atoms with Crippen LogP contribution in [0.15, 0.2) is 32.7 Å². The fourth-order valence-electron chi connectivity index (χ4n) is 2.48. The molecule has 24 heavy (non-hydrogen) atoms. The van der Waals surface area contributed by atoms with Crippen LogP contribution in [0.4, 0.5) is 5.82 Å². The van der Waals surface area contributed by atoms with Gasteiger partial charge in [-0.2, -0.15) is 0 Å². The lowest BCUT2D eigenvalue weighted by molar-refractivity contribution is 0.102. The summed E-state index contributed by atoms with van der Waals surface area (Å²) in [5.74, 6) is -0.359. The Hall–Kier alpha value is -2.28. The maximum atomic E-state index is 12.5. The van der Waals surface area contributed by atoms with Crippen LogP contribution in [0.1, 0.15) is 34.8 Å². The molecule has 0 fully saturated rings. The molecular formula is C17H21N3O3S. The van der Waals surface area contributed by atoms with Crippen LogP contribution in [-0.4, -0.2) is 21.1 Å². The van der Waals surface area contributed by atoms with Crippen molar-refractivity contribution >= 4 is 23.4 Å². The number of H-pyrrole nitrogens is 1. The molecule has 3 N–H and O–H groups in total. The number of ketones is 1. The van der Waals surface area contributed by atoms with Gasteiger partial charge in [0.05, 0.1) is 5.75 Å². The van der Waals surface area contributed by atoms with Gasteiger partial charge in [0.25, 0.3) is 5.56 Å². The van der Waals surface area contributed by atoms with Crippen LogP contribution >= 0.6 is 11.8 Å². The van der Waals surface area contributed by atoms with E-state index in [0.717, 1.165) is 16.0 Å². The first-order valence-electron chi connectivity index (χ1n) is 7.71. The topological polar surface area (TPSA) is 97.9 Å². The summed E-state index contributed by atoms with van der Waals surface area (Å²) in [6.45, 7) is 6.21. The number of aryl methyl sites for hydroxylation is 2. The number of nitrogens with two attached hydrogens (primary N) is 1. The van der Waals surface area contributed by atoms with E-state index in [1.165, 1.54) is 16.3 Å². The molecule has 0 bridgehead atoms. The third kappa shape index (κ3) is 3.79. The summed E-state index contributed by atoms with van der Waals surface area (Å²) in [6, 6.07) is 5.96. The Morgan fingerprint density at radius 3 is 2.62 bits per heavy atom. The molecular weight excluding hydrogens is 326 g/mol. The number of thioether (sulfide) groups is 1. The Bertz CT molecular complexity index is 884. The first-order chi connectivity index (χ1) is 11.3. The van der Waals surface area contributed by atoms with Crippen LogP contribution in [0.3, 0.4) is 0 Å². The summed E-state index contributed by atoms with van der Waals surface area (Å²) in [6.07, 6.45) is 0.668. The maximum Gasteiger partial charge on any atom is 0.329 e. The smallest absolute Gasteiger partial charge is 0.329 e. The fourth-order valence-corrected chi connectivity index (χ4v) is 3.36. The van der Waals surface area contributed by atoms with Crippen molar-refractivity contribution in [3.05, 3.63) is 55.7 Å². The Kier molecular flexibility index (Phi) is 5.66. The molecule has 7 heteroatoms. The highest BCUT2D eigenvalue weighted by Crippen LogP contribution is 2.24. The molecule has 2 rings (SSSR count). The average Bonchev–Trinajstić information content (AvgIpc) is 2.50. The monoisotopic (exact) mass is 347 g/mol. The van der Waals surface area contributed by atoms with Crippen molar-refractivity contribution in [3.8, 4) is 0 Å². The van der Waals surface area contributed by atoms with Crippen molar-refractivity contribution in [3.63, 3.8) is 0 Å². The van der Waals surface area contributed by atoms with E-state index in [0.29, 0.717) is 13.0 Å². The number of nitrogen functional groups attached to an aromatic ring is 1. The largest absolute Gasteiger partial charge is 0.384 e. The van der Waals surface area contributed by atoms with Crippen LogP contribution < -0.4 is 17.0 Å². The fraction of sp³-hybridized carbons (Fsp3) is 0.353. The molecule has 1 aromatic heterocycles. The Balaban J connectivity index is 2.28. The minimum absolute atomic E-state index is 0.0585. The van der Waals surface area contributed by atoms with Crippen molar-refractivity contribution in [2.45, 2.75) is 38.6 Å². The predicted octanol–water partition coefficient (Wildman–Crippen LogP) is 2.12. The number of nitrogens with zero attached hydrogens (tertiary/aromatic N) is 1. The van der Waals surface area contributed by atoms with Gasteiger partial charge in [0.1, 0.15) is 11.4 Å². The first kappa shape index (κ1) is 18.1. The molecule has 0 aliphatic carbocycles. The lowest BCUT2D eigenvalue weighted by atomic mass is 10.2. The normalized spacial score (nSPS) is 10.8. The second-order valence-corrected chi connectivity index (χ2v) is 6.67. The zero-order valence-corrected chi connectivity index (χ0v) is 14.8. The number of carbonyl (C=O) groups is 1. The van der Waals surface area contributed by atoms with Crippen LogP contribution in [0.25, 0.3) is 0 Å². The molecule has 6 nitrogen and oxygen atoms in total. The zero-order chi connectivity index (χ0) is 17.9. The van der Waals surface area contributed by atoms with Crippen molar-refractivity contribution in [1.82, 2.24) is 9.55 Å². The number of Topliss-reactive ketones (excluding diaryl/α,β-unsaturated/α-hetero) is 1. The molecule has 1 heterocycles. The minimum Gasteiger partial charge on any atom is -0.384 e. The number of anilines is 1. The summed E-state index contributed by atoms with van der Waals surface area (Å²) in [5, 5.41) is 0. The summed E-state index contributed by atoms with van der Waals surface area (Å²) in [7, 11) is 0. The molecule has 2 aromatic rings. The number of hydrogen-bond acceptors (Lipinski definition) is 5. The molecule has 0 atom stereocenters. The standard InChI is InChI=1S/C17H21N3O3S/c1-4-7-20-15(18)14(16(22)19-17(20)23)12(21)9-24-13-6-5-10(2)8-11(13)3/h5-6,8H,4,7,9,18H2,1-3H3,(H,19,22,23). The molecule has 0 spiro atoms. The number of rotatable bonds is 6. The number of aromatic nitrogens is 2. The molecule has 0 aliphatic heterocycles. The highest BCUT2D eigenvalue weighted by molar-refractivity contribution is 8.00. The van der Waals surface area contributed by atoms with Gasteiger partial charge in [-0.25, -0.2) is 4.79 Å². The Morgan fingerprint density at radius 2 is 2.00 bits per heavy atom. The van der Waals surface area contributed by atoms with E-state index >= 15 is 0 Å². The van der Waals surface area contributed by atoms with Gasteiger partial charge < -0.3 is 5.73 Å². The molecule has 0 radical (unpaired) electrons. The number of benzene rings is 1. The minimum atomic E-state index is -0.726. The lowest BCUT2D eigenvalue weighted by Crippen LogP contribution is -2.36. The number of nitrogens with one attached hydrogen (secondary N) is 1. The van der Waals surface area contributed by atoms with Gasteiger partial charge in [-0.1, -0.05) is 24.6 Å². The predicted molar refractivity (Wildman–Crippen MR) is 97.0 cm³/mol. The van der Waals surface area contributed by atoms with Crippen molar-refractivity contribution in [1.29, 1.82) is 0 Å².